The Balaban J connectivity index is 1.11. The van der Waals surface area contributed by atoms with E-state index in [-0.39, 0.29) is 0 Å². The van der Waals surface area contributed by atoms with Crippen molar-refractivity contribution in [1.29, 1.82) is 0 Å². The Hall–Kier alpha value is -8.45. The minimum Gasteiger partial charge on any atom is -0.455 e. The zero-order valence-corrected chi connectivity index (χ0v) is 35.6. The van der Waals surface area contributed by atoms with Crippen molar-refractivity contribution in [2.24, 2.45) is 0 Å². The van der Waals surface area contributed by atoms with Crippen LogP contribution in [0.2, 0.25) is 0 Å². The molecule has 0 unspecified atom stereocenters. The van der Waals surface area contributed by atoms with Crippen molar-refractivity contribution in [2.45, 2.75) is 0 Å². The second-order valence-corrected chi connectivity index (χ2v) is 17.8. The van der Waals surface area contributed by atoms with Gasteiger partial charge in [-0.25, -0.2) is 15.0 Å². The Kier molecular flexibility index (Phi) is 7.79. The summed E-state index contributed by atoms with van der Waals surface area (Å²) in [6.07, 6.45) is 0. The van der Waals surface area contributed by atoms with E-state index in [2.05, 4.69) is 205 Å². The minimum absolute atomic E-state index is 0.576. The Labute approximate surface area is 376 Å². The topological polar surface area (TPSA) is 56.7 Å². The van der Waals surface area contributed by atoms with E-state index in [4.69, 9.17) is 19.4 Å². The third-order valence-electron chi connectivity index (χ3n) is 13.0. The molecule has 0 saturated carbocycles. The Morgan fingerprint density at radius 2 is 1.03 bits per heavy atom. The van der Waals surface area contributed by atoms with Gasteiger partial charge in [0.15, 0.2) is 17.5 Å². The van der Waals surface area contributed by atoms with Crippen LogP contribution in [0.4, 0.5) is 0 Å². The monoisotopic (exact) mass is 846 g/mol. The summed E-state index contributed by atoms with van der Waals surface area (Å²) in [6, 6.07) is 73.2. The lowest BCUT2D eigenvalue weighted by atomic mass is 10.0. The van der Waals surface area contributed by atoms with E-state index in [1.807, 2.05) is 6.07 Å². The largest absolute Gasteiger partial charge is 0.455 e. The fourth-order valence-electron chi connectivity index (χ4n) is 9.96. The minimum atomic E-state index is 0.576. The SMILES string of the molecule is c1ccc(-c2cccc(-c3nc(-c4cc5c(cc4-n4c6ccccc6c6cc7ccccc7cc64)oc4c6ccccc6ccc54)nc(-c4cccc5c4sc4ccccc45)n3)c2)cc1. The first kappa shape index (κ1) is 36.1. The van der Waals surface area contributed by atoms with E-state index in [0.717, 1.165) is 81.9 Å². The molecule has 65 heavy (non-hydrogen) atoms. The van der Waals surface area contributed by atoms with E-state index in [1.54, 1.807) is 11.3 Å². The van der Waals surface area contributed by atoms with Gasteiger partial charge in [0.05, 0.1) is 16.7 Å². The fourth-order valence-corrected chi connectivity index (χ4v) is 11.2. The second-order valence-electron chi connectivity index (χ2n) is 16.7. The van der Waals surface area contributed by atoms with Crippen molar-refractivity contribution in [3.63, 3.8) is 0 Å². The number of hydrogen-bond donors (Lipinski definition) is 0. The van der Waals surface area contributed by atoms with Gasteiger partial charge < -0.3 is 8.98 Å². The van der Waals surface area contributed by atoms with Gasteiger partial charge in [-0.15, -0.1) is 11.3 Å². The summed E-state index contributed by atoms with van der Waals surface area (Å²) in [5.74, 6) is 1.80. The van der Waals surface area contributed by atoms with E-state index in [1.165, 1.54) is 37.0 Å². The van der Waals surface area contributed by atoms with Crippen molar-refractivity contribution in [3.8, 4) is 51.0 Å². The highest BCUT2D eigenvalue weighted by atomic mass is 32.1. The zero-order chi connectivity index (χ0) is 42.6. The van der Waals surface area contributed by atoms with E-state index in [9.17, 15) is 0 Å². The molecule has 0 bridgehead atoms. The van der Waals surface area contributed by atoms with Crippen LogP contribution in [0.5, 0.6) is 0 Å². The average Bonchev–Trinajstić information content (AvgIpc) is 4.04. The van der Waals surface area contributed by atoms with E-state index >= 15 is 0 Å². The first-order chi connectivity index (χ1) is 32.2. The maximum absolute atomic E-state index is 6.94. The van der Waals surface area contributed by atoms with Gasteiger partial charge in [0.1, 0.15) is 11.2 Å². The van der Waals surface area contributed by atoms with Crippen molar-refractivity contribution < 1.29 is 4.42 Å². The number of para-hydroxylation sites is 1. The molecule has 0 aliphatic heterocycles. The molecular weight excluding hydrogens is 813 g/mol. The molecule has 0 fully saturated rings. The lowest BCUT2D eigenvalue weighted by Crippen LogP contribution is -2.04. The molecule has 6 heteroatoms. The molecule has 10 aromatic carbocycles. The van der Waals surface area contributed by atoms with Crippen molar-refractivity contribution >= 4 is 96.8 Å². The molecule has 5 nitrogen and oxygen atoms in total. The second kappa shape index (κ2) is 14.0. The smallest absolute Gasteiger partial charge is 0.166 e. The van der Waals surface area contributed by atoms with Gasteiger partial charge in [-0.3, -0.25) is 0 Å². The van der Waals surface area contributed by atoms with Gasteiger partial charge in [-0.05, 0) is 75.8 Å². The summed E-state index contributed by atoms with van der Waals surface area (Å²) in [6.45, 7) is 0. The molecule has 0 spiro atoms. The number of fused-ring (bicyclic) bond motifs is 12. The van der Waals surface area contributed by atoms with E-state index in [0.29, 0.717) is 17.5 Å². The van der Waals surface area contributed by atoms with Gasteiger partial charge in [0.2, 0.25) is 0 Å². The van der Waals surface area contributed by atoms with Crippen LogP contribution in [0.25, 0.3) is 136 Å². The van der Waals surface area contributed by atoms with Crippen LogP contribution in [0.3, 0.4) is 0 Å². The molecule has 0 aliphatic carbocycles. The first-order valence-corrected chi connectivity index (χ1v) is 22.7. The lowest BCUT2D eigenvalue weighted by molar-refractivity contribution is 0.672. The quantitative estimate of drug-likeness (QED) is 0.173. The van der Waals surface area contributed by atoms with Gasteiger partial charge >= 0.3 is 0 Å². The standard InChI is InChI=1S/C59H34N4OS/c1-2-14-35(15-3-1)37-19-12-20-40(30-37)57-60-58(46-25-13-24-45-43-23-9-11-27-54(43)65-56(45)46)62-59(61-57)49-33-48-44-29-28-36-16-6-7-21-41(36)55(44)64-53(48)34-52(49)63-50-26-10-8-22-42(50)47-31-38-17-4-5-18-39(38)32-51(47)63/h1-34H. The normalized spacial score (nSPS) is 12.0. The highest BCUT2D eigenvalue weighted by molar-refractivity contribution is 7.26. The Morgan fingerprint density at radius 3 is 1.91 bits per heavy atom. The number of furan rings is 1. The third kappa shape index (κ3) is 5.61. The predicted octanol–water partition coefficient (Wildman–Crippen LogP) is 16.2. The summed E-state index contributed by atoms with van der Waals surface area (Å²) in [4.78, 5) is 16.4. The molecule has 302 valence electrons. The summed E-state index contributed by atoms with van der Waals surface area (Å²) in [5.41, 5.74) is 9.72. The molecule has 14 rings (SSSR count). The van der Waals surface area contributed by atoms with Crippen molar-refractivity contribution in [3.05, 3.63) is 206 Å². The van der Waals surface area contributed by atoms with Crippen LogP contribution in [0.1, 0.15) is 0 Å². The average molecular weight is 847 g/mol. The highest BCUT2D eigenvalue weighted by Gasteiger charge is 2.24. The maximum Gasteiger partial charge on any atom is 0.166 e. The number of rotatable bonds is 5. The number of thiophene rings is 1. The fraction of sp³-hybridized carbons (Fsp3) is 0. The Morgan fingerprint density at radius 1 is 0.369 bits per heavy atom. The zero-order valence-electron chi connectivity index (χ0n) is 34.7. The van der Waals surface area contributed by atoms with Crippen LogP contribution in [0, 0.1) is 0 Å². The Bertz CT molecular complexity index is 4260. The summed E-state index contributed by atoms with van der Waals surface area (Å²) < 4.78 is 11.7. The van der Waals surface area contributed by atoms with Crippen molar-refractivity contribution in [2.75, 3.05) is 0 Å². The number of benzene rings is 10. The number of hydrogen-bond acceptors (Lipinski definition) is 5. The molecule has 4 aromatic heterocycles. The molecule has 4 heterocycles. The molecule has 0 radical (unpaired) electrons. The molecule has 0 atom stereocenters. The van der Waals surface area contributed by atoms with Gasteiger partial charge in [-0.1, -0.05) is 152 Å². The van der Waals surface area contributed by atoms with E-state index < -0.39 is 0 Å². The summed E-state index contributed by atoms with van der Waals surface area (Å²) >= 11 is 1.78. The van der Waals surface area contributed by atoms with Gasteiger partial charge in [0, 0.05) is 69.9 Å². The van der Waals surface area contributed by atoms with Crippen LogP contribution in [-0.2, 0) is 0 Å². The molecule has 0 N–H and O–H groups in total. The summed E-state index contributed by atoms with van der Waals surface area (Å²) in [5, 5.41) is 11.4. The van der Waals surface area contributed by atoms with Crippen LogP contribution < -0.4 is 0 Å². The molecular formula is C59H34N4OS. The van der Waals surface area contributed by atoms with Gasteiger partial charge in [-0.2, -0.15) is 0 Å². The molecule has 0 saturated heterocycles. The van der Waals surface area contributed by atoms with Crippen LogP contribution in [-0.4, -0.2) is 19.5 Å². The maximum atomic E-state index is 6.94. The van der Waals surface area contributed by atoms with Crippen molar-refractivity contribution in [1.82, 2.24) is 19.5 Å². The number of nitrogens with zero attached hydrogens (tertiary/aromatic N) is 4. The molecule has 14 aromatic rings. The molecule has 0 amide bonds. The molecule has 0 aliphatic rings. The first-order valence-electron chi connectivity index (χ1n) is 21.8. The number of aromatic nitrogens is 4. The highest BCUT2D eigenvalue weighted by Crippen LogP contribution is 2.44. The summed E-state index contributed by atoms with van der Waals surface area (Å²) in [7, 11) is 0. The van der Waals surface area contributed by atoms with Crippen LogP contribution in [0.15, 0.2) is 211 Å². The predicted molar refractivity (Wildman–Crippen MR) is 271 cm³/mol. The lowest BCUT2D eigenvalue weighted by Gasteiger charge is -2.15. The third-order valence-corrected chi connectivity index (χ3v) is 14.2. The van der Waals surface area contributed by atoms with Gasteiger partial charge in [0.25, 0.3) is 0 Å². The van der Waals surface area contributed by atoms with Crippen LogP contribution >= 0.6 is 11.3 Å².